The van der Waals surface area contributed by atoms with Crippen molar-refractivity contribution in [2.75, 3.05) is 13.6 Å². The van der Waals surface area contributed by atoms with E-state index in [4.69, 9.17) is 0 Å². The minimum Gasteiger partial charge on any atom is -0.389 e. The van der Waals surface area contributed by atoms with Crippen molar-refractivity contribution in [2.45, 2.75) is 26.0 Å². The van der Waals surface area contributed by atoms with Crippen LogP contribution >= 0.6 is 0 Å². The van der Waals surface area contributed by atoms with Gasteiger partial charge in [-0.15, -0.1) is 0 Å². The summed E-state index contributed by atoms with van der Waals surface area (Å²) in [6, 6.07) is 14.8. The Balaban J connectivity index is 2.21. The monoisotopic (exact) mass is 243 g/mol. The van der Waals surface area contributed by atoms with Gasteiger partial charge in [-0.05, 0) is 37.2 Å². The number of likely N-dealkylation sites (N-methyl/N-ethyl adjacent to an activating group) is 1. The van der Waals surface area contributed by atoms with Crippen LogP contribution < -0.4 is 0 Å². The zero-order valence-electron chi connectivity index (χ0n) is 11.4. The second-order valence-electron chi connectivity index (χ2n) is 5.62. The van der Waals surface area contributed by atoms with Crippen LogP contribution in [0.4, 0.5) is 0 Å². The fourth-order valence-corrected chi connectivity index (χ4v) is 2.44. The number of benzene rings is 2. The van der Waals surface area contributed by atoms with Crippen molar-refractivity contribution in [1.82, 2.24) is 4.90 Å². The summed E-state index contributed by atoms with van der Waals surface area (Å²) in [6.45, 7) is 5.20. The minimum absolute atomic E-state index is 0.653. The molecule has 0 atom stereocenters. The Bertz CT molecular complexity index is 523. The highest BCUT2D eigenvalue weighted by molar-refractivity contribution is 5.85. The Labute approximate surface area is 109 Å². The first kappa shape index (κ1) is 13.1. The highest BCUT2D eigenvalue weighted by Crippen LogP contribution is 2.20. The van der Waals surface area contributed by atoms with Crippen molar-refractivity contribution in [3.05, 3.63) is 48.0 Å². The smallest absolute Gasteiger partial charge is 0.0718 e. The third kappa shape index (κ3) is 3.31. The van der Waals surface area contributed by atoms with E-state index in [-0.39, 0.29) is 0 Å². The molecule has 0 fully saturated rings. The lowest BCUT2D eigenvalue weighted by Gasteiger charge is -2.25. The lowest BCUT2D eigenvalue weighted by molar-refractivity contribution is 0.0426. The van der Waals surface area contributed by atoms with Gasteiger partial charge in [-0.3, -0.25) is 4.90 Å². The van der Waals surface area contributed by atoms with Gasteiger partial charge in [0.05, 0.1) is 5.60 Å². The van der Waals surface area contributed by atoms with Gasteiger partial charge in [0.25, 0.3) is 0 Å². The summed E-state index contributed by atoms with van der Waals surface area (Å²) < 4.78 is 0. The lowest BCUT2D eigenvalue weighted by atomic mass is 10.0. The van der Waals surface area contributed by atoms with E-state index in [0.717, 1.165) is 6.54 Å². The number of aliphatic hydroxyl groups is 1. The molecule has 0 aromatic heterocycles. The topological polar surface area (TPSA) is 23.5 Å². The van der Waals surface area contributed by atoms with Crippen molar-refractivity contribution < 1.29 is 5.11 Å². The normalized spacial score (nSPS) is 12.3. The molecule has 2 nitrogen and oxygen atoms in total. The summed E-state index contributed by atoms with van der Waals surface area (Å²) in [5, 5.41) is 12.4. The summed E-state index contributed by atoms with van der Waals surface area (Å²) in [6.07, 6.45) is 0. The number of hydrogen-bond donors (Lipinski definition) is 1. The molecule has 0 aliphatic rings. The summed E-state index contributed by atoms with van der Waals surface area (Å²) in [7, 11) is 2.04. The molecular formula is C16H21NO. The van der Waals surface area contributed by atoms with Crippen LogP contribution in [-0.4, -0.2) is 29.2 Å². The second kappa shape index (κ2) is 5.09. The number of nitrogens with zero attached hydrogens (tertiary/aromatic N) is 1. The molecule has 0 spiro atoms. The van der Waals surface area contributed by atoms with Crippen LogP contribution in [0.5, 0.6) is 0 Å². The summed E-state index contributed by atoms with van der Waals surface area (Å²) >= 11 is 0. The van der Waals surface area contributed by atoms with E-state index in [1.165, 1.54) is 16.3 Å². The molecule has 0 amide bonds. The molecule has 2 rings (SSSR count). The summed E-state index contributed by atoms with van der Waals surface area (Å²) in [5.74, 6) is 0. The number of hydrogen-bond acceptors (Lipinski definition) is 2. The van der Waals surface area contributed by atoms with E-state index in [1.54, 1.807) is 0 Å². The first-order valence-electron chi connectivity index (χ1n) is 6.33. The van der Waals surface area contributed by atoms with Crippen LogP contribution in [0.1, 0.15) is 19.4 Å². The predicted octanol–water partition coefficient (Wildman–Crippen LogP) is 3.04. The van der Waals surface area contributed by atoms with E-state index in [2.05, 4.69) is 47.4 Å². The third-order valence-electron chi connectivity index (χ3n) is 2.98. The number of fused-ring (bicyclic) bond motifs is 1. The largest absolute Gasteiger partial charge is 0.389 e. The van der Waals surface area contributed by atoms with Gasteiger partial charge < -0.3 is 5.11 Å². The third-order valence-corrected chi connectivity index (χ3v) is 2.98. The molecule has 0 saturated carbocycles. The average molecular weight is 243 g/mol. The molecule has 0 unspecified atom stereocenters. The van der Waals surface area contributed by atoms with E-state index < -0.39 is 5.60 Å². The van der Waals surface area contributed by atoms with Gasteiger partial charge in [0.2, 0.25) is 0 Å². The Kier molecular flexibility index (Phi) is 3.69. The Morgan fingerprint density at radius 3 is 2.44 bits per heavy atom. The van der Waals surface area contributed by atoms with Crippen molar-refractivity contribution in [3.8, 4) is 0 Å². The van der Waals surface area contributed by atoms with Gasteiger partial charge >= 0.3 is 0 Å². The predicted molar refractivity (Wildman–Crippen MR) is 76.6 cm³/mol. The van der Waals surface area contributed by atoms with E-state index in [9.17, 15) is 5.11 Å². The van der Waals surface area contributed by atoms with Crippen molar-refractivity contribution in [3.63, 3.8) is 0 Å². The number of rotatable bonds is 4. The SMILES string of the molecule is CN(Cc1cccc2ccccc12)CC(C)(C)O. The van der Waals surface area contributed by atoms with Crippen LogP contribution in [0.2, 0.25) is 0 Å². The van der Waals surface area contributed by atoms with Gasteiger partial charge in [0.15, 0.2) is 0 Å². The summed E-state index contributed by atoms with van der Waals surface area (Å²) in [4.78, 5) is 2.15. The molecule has 2 heteroatoms. The van der Waals surface area contributed by atoms with Crippen LogP contribution in [0, 0.1) is 0 Å². The highest BCUT2D eigenvalue weighted by atomic mass is 16.3. The molecular weight excluding hydrogens is 222 g/mol. The van der Waals surface area contributed by atoms with Gasteiger partial charge in [0.1, 0.15) is 0 Å². The Morgan fingerprint density at radius 2 is 1.72 bits per heavy atom. The van der Waals surface area contributed by atoms with Gasteiger partial charge in [0, 0.05) is 13.1 Å². The van der Waals surface area contributed by atoms with E-state index >= 15 is 0 Å². The molecule has 0 radical (unpaired) electrons. The van der Waals surface area contributed by atoms with Crippen molar-refractivity contribution in [2.24, 2.45) is 0 Å². The van der Waals surface area contributed by atoms with Crippen LogP contribution in [0.25, 0.3) is 10.8 Å². The quantitative estimate of drug-likeness (QED) is 0.892. The zero-order chi connectivity index (χ0) is 13.2. The fourth-order valence-electron chi connectivity index (χ4n) is 2.44. The highest BCUT2D eigenvalue weighted by Gasteiger charge is 2.16. The minimum atomic E-state index is -0.653. The van der Waals surface area contributed by atoms with Crippen LogP contribution in [-0.2, 0) is 6.54 Å². The van der Waals surface area contributed by atoms with E-state index in [0.29, 0.717) is 6.54 Å². The maximum atomic E-state index is 9.84. The first-order chi connectivity index (χ1) is 8.46. The second-order valence-corrected chi connectivity index (χ2v) is 5.62. The molecule has 0 saturated heterocycles. The van der Waals surface area contributed by atoms with Gasteiger partial charge in [-0.1, -0.05) is 42.5 Å². The maximum Gasteiger partial charge on any atom is 0.0718 e. The molecule has 96 valence electrons. The molecule has 2 aromatic carbocycles. The van der Waals surface area contributed by atoms with Gasteiger partial charge in [-0.25, -0.2) is 0 Å². The lowest BCUT2D eigenvalue weighted by Crippen LogP contribution is -2.35. The van der Waals surface area contributed by atoms with Crippen molar-refractivity contribution >= 4 is 10.8 Å². The molecule has 0 aliphatic heterocycles. The summed E-state index contributed by atoms with van der Waals surface area (Å²) in [5.41, 5.74) is 0.652. The first-order valence-corrected chi connectivity index (χ1v) is 6.33. The molecule has 0 aliphatic carbocycles. The fraction of sp³-hybridized carbons (Fsp3) is 0.375. The van der Waals surface area contributed by atoms with Gasteiger partial charge in [-0.2, -0.15) is 0 Å². The van der Waals surface area contributed by atoms with Crippen LogP contribution in [0.3, 0.4) is 0 Å². The Hall–Kier alpha value is -1.38. The van der Waals surface area contributed by atoms with Crippen LogP contribution in [0.15, 0.2) is 42.5 Å². The zero-order valence-corrected chi connectivity index (χ0v) is 11.4. The standard InChI is InChI=1S/C16H21NO/c1-16(2,18)12-17(3)11-14-9-6-8-13-7-4-5-10-15(13)14/h4-10,18H,11-12H2,1-3H3. The molecule has 0 bridgehead atoms. The maximum absolute atomic E-state index is 9.84. The van der Waals surface area contributed by atoms with Crippen molar-refractivity contribution in [1.29, 1.82) is 0 Å². The molecule has 1 N–H and O–H groups in total. The van der Waals surface area contributed by atoms with E-state index in [1.807, 2.05) is 20.9 Å². The molecule has 18 heavy (non-hydrogen) atoms. The molecule has 0 heterocycles. The molecule has 2 aromatic rings. The average Bonchev–Trinajstić information content (AvgIpc) is 2.27. The Morgan fingerprint density at radius 1 is 1.06 bits per heavy atom.